The van der Waals surface area contributed by atoms with Crippen molar-refractivity contribution in [3.63, 3.8) is 0 Å². The average molecular weight is 326 g/mol. The van der Waals surface area contributed by atoms with Crippen LogP contribution in [0, 0.1) is 5.92 Å². The summed E-state index contributed by atoms with van der Waals surface area (Å²) in [6, 6.07) is 14.8. The van der Waals surface area contributed by atoms with Crippen LogP contribution in [0.4, 0.5) is 0 Å². The molecule has 2 aromatic rings. The van der Waals surface area contributed by atoms with Gasteiger partial charge in [0.15, 0.2) is 11.5 Å². The van der Waals surface area contributed by atoms with Crippen molar-refractivity contribution >= 4 is 5.97 Å². The topological polar surface area (TPSA) is 74.0 Å². The number of nitrogens with two attached hydrogens (primary N) is 1. The molecule has 2 aliphatic rings. The largest absolute Gasteiger partial charge is 0.454 e. The molecule has 2 unspecified atom stereocenters. The quantitative estimate of drug-likeness (QED) is 0.528. The van der Waals surface area contributed by atoms with E-state index in [9.17, 15) is 4.79 Å². The van der Waals surface area contributed by atoms with Gasteiger partial charge in [0.25, 0.3) is 0 Å². The Balaban J connectivity index is 1.56. The summed E-state index contributed by atoms with van der Waals surface area (Å²) in [6.07, 6.45) is 0. The van der Waals surface area contributed by atoms with Crippen LogP contribution in [0.5, 0.6) is 17.2 Å². The molecule has 0 spiro atoms. The van der Waals surface area contributed by atoms with E-state index in [1.807, 2.05) is 36.4 Å². The van der Waals surface area contributed by atoms with Crippen LogP contribution in [-0.4, -0.2) is 30.9 Å². The van der Waals surface area contributed by atoms with E-state index in [4.69, 9.17) is 20.1 Å². The number of benzene rings is 2. The van der Waals surface area contributed by atoms with Gasteiger partial charge in [-0.3, -0.25) is 10.6 Å². The van der Waals surface area contributed by atoms with Gasteiger partial charge >= 0.3 is 5.97 Å². The molecule has 0 saturated carbocycles. The smallest absolute Gasteiger partial charge is 0.316 e. The highest BCUT2D eigenvalue weighted by molar-refractivity contribution is 5.77. The lowest BCUT2D eigenvalue weighted by molar-refractivity contribution is -0.138. The lowest BCUT2D eigenvalue weighted by Crippen LogP contribution is -2.30. The molecule has 0 aliphatic carbocycles. The maximum Gasteiger partial charge on any atom is 0.316 e. The van der Waals surface area contributed by atoms with E-state index in [1.165, 1.54) is 0 Å². The van der Waals surface area contributed by atoms with Crippen molar-refractivity contribution in [3.8, 4) is 17.2 Å². The number of hydrogen-bond acceptors (Lipinski definition) is 6. The molecule has 2 aromatic carbocycles. The van der Waals surface area contributed by atoms with Gasteiger partial charge < -0.3 is 14.2 Å². The first-order valence-corrected chi connectivity index (χ1v) is 7.86. The lowest BCUT2D eigenvalue weighted by atomic mass is 9.89. The zero-order valence-electron chi connectivity index (χ0n) is 13.1. The van der Waals surface area contributed by atoms with Crippen LogP contribution >= 0.6 is 0 Å². The normalized spacial score (nSPS) is 22.5. The molecular formula is C18H18N2O4. The number of carbonyl (C=O) groups excluding carboxylic acids is 1. The molecule has 2 heterocycles. The predicted molar refractivity (Wildman–Crippen MR) is 86.6 cm³/mol. The number of esters is 1. The third kappa shape index (κ3) is 2.81. The molecule has 6 heteroatoms. The summed E-state index contributed by atoms with van der Waals surface area (Å²) in [4.78, 5) is 12.6. The average Bonchev–Trinajstić information content (AvgIpc) is 3.21. The van der Waals surface area contributed by atoms with Crippen molar-refractivity contribution in [2.75, 3.05) is 19.9 Å². The minimum atomic E-state index is -0.324. The summed E-state index contributed by atoms with van der Waals surface area (Å²) in [5.74, 6) is 7.31. The third-order valence-electron chi connectivity index (χ3n) is 4.44. The van der Waals surface area contributed by atoms with Crippen LogP contribution in [-0.2, 0) is 4.79 Å². The minimum Gasteiger partial charge on any atom is -0.454 e. The van der Waals surface area contributed by atoms with Gasteiger partial charge in [0.05, 0.1) is 5.92 Å². The second-order valence-corrected chi connectivity index (χ2v) is 6.01. The van der Waals surface area contributed by atoms with E-state index in [2.05, 4.69) is 0 Å². The van der Waals surface area contributed by atoms with Gasteiger partial charge in [-0.05, 0) is 29.8 Å². The molecule has 0 radical (unpaired) electrons. The highest BCUT2D eigenvalue weighted by atomic mass is 16.7. The van der Waals surface area contributed by atoms with E-state index in [-0.39, 0.29) is 24.6 Å². The van der Waals surface area contributed by atoms with Crippen molar-refractivity contribution in [1.82, 2.24) is 5.01 Å². The number of fused-ring (bicyclic) bond motifs is 1. The maximum atomic E-state index is 12.6. The first kappa shape index (κ1) is 15.0. The standard InChI is InChI=1S/C18H18N2O4/c19-20-9-14(12-6-7-16-17(8-12)23-11-22-16)15(10-20)18(21)24-13-4-2-1-3-5-13/h1-8,14-15H,9-11,19H2. The molecular weight excluding hydrogens is 308 g/mol. The molecule has 0 amide bonds. The number of rotatable bonds is 3. The fourth-order valence-corrected chi connectivity index (χ4v) is 3.23. The number of hydrogen-bond donors (Lipinski definition) is 1. The van der Waals surface area contributed by atoms with Crippen molar-refractivity contribution in [2.24, 2.45) is 11.8 Å². The summed E-state index contributed by atoms with van der Waals surface area (Å²) in [5.41, 5.74) is 1.00. The second-order valence-electron chi connectivity index (χ2n) is 6.01. The van der Waals surface area contributed by atoms with Crippen molar-refractivity contribution < 1.29 is 19.0 Å². The number of para-hydroxylation sites is 1. The van der Waals surface area contributed by atoms with Crippen LogP contribution in [0.2, 0.25) is 0 Å². The number of ether oxygens (including phenoxy) is 3. The summed E-state index contributed by atoms with van der Waals surface area (Å²) < 4.78 is 16.3. The third-order valence-corrected chi connectivity index (χ3v) is 4.44. The highest BCUT2D eigenvalue weighted by Gasteiger charge is 2.39. The van der Waals surface area contributed by atoms with Crippen LogP contribution in [0.25, 0.3) is 0 Å². The minimum absolute atomic E-state index is 0.0410. The highest BCUT2D eigenvalue weighted by Crippen LogP contribution is 2.39. The molecule has 1 saturated heterocycles. The van der Waals surface area contributed by atoms with E-state index < -0.39 is 0 Å². The summed E-state index contributed by atoms with van der Waals surface area (Å²) in [5, 5.41) is 1.66. The van der Waals surface area contributed by atoms with Crippen LogP contribution < -0.4 is 20.1 Å². The first-order valence-electron chi connectivity index (χ1n) is 7.86. The van der Waals surface area contributed by atoms with E-state index in [1.54, 1.807) is 17.1 Å². The molecule has 124 valence electrons. The Morgan fingerprint density at radius 3 is 2.71 bits per heavy atom. The molecule has 2 N–H and O–H groups in total. The molecule has 2 aliphatic heterocycles. The van der Waals surface area contributed by atoms with E-state index in [0.717, 1.165) is 11.3 Å². The van der Waals surface area contributed by atoms with Crippen molar-refractivity contribution in [1.29, 1.82) is 0 Å². The molecule has 4 rings (SSSR count). The summed E-state index contributed by atoms with van der Waals surface area (Å²) >= 11 is 0. The Morgan fingerprint density at radius 1 is 1.08 bits per heavy atom. The molecule has 2 atom stereocenters. The predicted octanol–water partition coefficient (Wildman–Crippen LogP) is 1.91. The second kappa shape index (κ2) is 6.14. The van der Waals surface area contributed by atoms with Gasteiger partial charge in [-0.1, -0.05) is 24.3 Å². The number of nitrogens with zero attached hydrogens (tertiary/aromatic N) is 1. The van der Waals surface area contributed by atoms with Crippen molar-refractivity contribution in [3.05, 3.63) is 54.1 Å². The summed E-state index contributed by atoms with van der Waals surface area (Å²) in [7, 11) is 0. The fourth-order valence-electron chi connectivity index (χ4n) is 3.23. The van der Waals surface area contributed by atoms with Gasteiger partial charge in [-0.2, -0.15) is 0 Å². The summed E-state index contributed by atoms with van der Waals surface area (Å²) in [6.45, 7) is 1.28. The number of hydrazine groups is 1. The van der Waals surface area contributed by atoms with Crippen LogP contribution in [0.1, 0.15) is 11.5 Å². The van der Waals surface area contributed by atoms with Gasteiger partial charge in [0, 0.05) is 19.0 Å². The molecule has 24 heavy (non-hydrogen) atoms. The van der Waals surface area contributed by atoms with E-state index >= 15 is 0 Å². The van der Waals surface area contributed by atoms with Crippen LogP contribution in [0.15, 0.2) is 48.5 Å². The van der Waals surface area contributed by atoms with Gasteiger partial charge in [0.2, 0.25) is 6.79 Å². The Hall–Kier alpha value is -2.57. The zero-order chi connectivity index (χ0) is 16.5. The Bertz CT molecular complexity index is 750. The maximum absolute atomic E-state index is 12.6. The van der Waals surface area contributed by atoms with Gasteiger partial charge in [-0.25, -0.2) is 5.01 Å². The van der Waals surface area contributed by atoms with E-state index in [0.29, 0.717) is 24.6 Å². The molecule has 1 fully saturated rings. The van der Waals surface area contributed by atoms with Crippen molar-refractivity contribution in [2.45, 2.75) is 5.92 Å². The zero-order valence-corrected chi connectivity index (χ0v) is 13.1. The molecule has 0 aromatic heterocycles. The van der Waals surface area contributed by atoms with Crippen LogP contribution in [0.3, 0.4) is 0 Å². The lowest BCUT2D eigenvalue weighted by Gasteiger charge is -2.17. The molecule has 6 nitrogen and oxygen atoms in total. The fraction of sp³-hybridized carbons (Fsp3) is 0.278. The SMILES string of the molecule is NN1CC(C(=O)Oc2ccccc2)C(c2ccc3c(c2)OCO3)C1. The monoisotopic (exact) mass is 326 g/mol. The Morgan fingerprint density at radius 2 is 1.88 bits per heavy atom. The Labute approximate surface area is 139 Å². The van der Waals surface area contributed by atoms with Gasteiger partial charge in [0.1, 0.15) is 5.75 Å². The first-order chi connectivity index (χ1) is 11.7. The van der Waals surface area contributed by atoms with Gasteiger partial charge in [-0.15, -0.1) is 0 Å². The number of carbonyl (C=O) groups is 1. The molecule has 0 bridgehead atoms. The Kier molecular flexibility index (Phi) is 3.84.